The van der Waals surface area contributed by atoms with Crippen molar-refractivity contribution in [1.82, 2.24) is 14.8 Å². The molecule has 0 aliphatic carbocycles. The highest BCUT2D eigenvalue weighted by Crippen LogP contribution is 2.30. The Balaban J connectivity index is 1.45. The van der Waals surface area contributed by atoms with Crippen molar-refractivity contribution in [2.24, 2.45) is 10.9 Å². The summed E-state index contributed by atoms with van der Waals surface area (Å²) in [5.41, 5.74) is 5.38. The van der Waals surface area contributed by atoms with E-state index in [2.05, 4.69) is 0 Å². The zero-order valence-corrected chi connectivity index (χ0v) is 22.5. The number of piperazine rings is 1. The van der Waals surface area contributed by atoms with Crippen molar-refractivity contribution in [3.8, 4) is 17.0 Å². The smallest absolute Gasteiger partial charge is 0.254 e. The molecule has 0 unspecified atom stereocenters. The minimum Gasteiger partial charge on any atom is -0.508 e. The van der Waals surface area contributed by atoms with Crippen molar-refractivity contribution in [3.05, 3.63) is 89.1 Å². The van der Waals surface area contributed by atoms with Crippen molar-refractivity contribution in [3.63, 3.8) is 0 Å². The molecule has 0 saturated carbocycles. The first kappa shape index (κ1) is 26.4. The van der Waals surface area contributed by atoms with E-state index in [9.17, 15) is 14.7 Å². The number of hydrogen-bond donors (Lipinski definition) is 1. The third-order valence-corrected chi connectivity index (χ3v) is 7.59. The average Bonchev–Trinajstić information content (AvgIpc) is 3.40. The number of amides is 2. The normalized spacial score (nSPS) is 15.1. The molecule has 39 heavy (non-hydrogen) atoms. The second-order valence-electron chi connectivity index (χ2n) is 10.0. The van der Waals surface area contributed by atoms with E-state index in [1.54, 1.807) is 24.3 Å². The van der Waals surface area contributed by atoms with Gasteiger partial charge in [-0.1, -0.05) is 50.3 Å². The van der Waals surface area contributed by atoms with Crippen LogP contribution in [0.15, 0.2) is 71.7 Å². The monoisotopic (exact) mass is 522 g/mol. The standard InChI is InChI=1S/C32H34N4O3/c1-3-23(4-2)31(38)35-16-18-36(19-17-35)32(39)26-20-28(24-11-13-25(37)14-12-24)34-29-21-33-27(30(26)29)15-10-22-8-6-5-7-9-22/h5-15,20,23,37H,3-4,16-19,21H2,1-2H3/b15-10+. The molecule has 7 heteroatoms. The zero-order chi connectivity index (χ0) is 27.4. The number of aromatic nitrogens is 1. The summed E-state index contributed by atoms with van der Waals surface area (Å²) in [5.74, 6) is 0.324. The second kappa shape index (κ2) is 11.6. The summed E-state index contributed by atoms with van der Waals surface area (Å²) in [5, 5.41) is 9.75. The number of allylic oxidation sites excluding steroid dienone is 1. The van der Waals surface area contributed by atoms with Crippen molar-refractivity contribution >= 4 is 23.6 Å². The number of nitrogens with zero attached hydrogens (tertiary/aromatic N) is 4. The van der Waals surface area contributed by atoms with Crippen molar-refractivity contribution < 1.29 is 14.7 Å². The lowest BCUT2D eigenvalue weighted by molar-refractivity contribution is -0.137. The first-order valence-electron chi connectivity index (χ1n) is 13.7. The lowest BCUT2D eigenvalue weighted by Gasteiger charge is -2.36. The van der Waals surface area contributed by atoms with E-state index in [-0.39, 0.29) is 23.5 Å². The van der Waals surface area contributed by atoms with Crippen LogP contribution >= 0.6 is 0 Å². The minimum absolute atomic E-state index is 0.0405. The van der Waals surface area contributed by atoms with Crippen LogP contribution in [0, 0.1) is 5.92 Å². The molecule has 2 aliphatic rings. The minimum atomic E-state index is -0.0778. The van der Waals surface area contributed by atoms with E-state index < -0.39 is 0 Å². The predicted octanol–water partition coefficient (Wildman–Crippen LogP) is 5.19. The van der Waals surface area contributed by atoms with Gasteiger partial charge in [0.15, 0.2) is 0 Å². The summed E-state index contributed by atoms with van der Waals surface area (Å²) in [6.45, 7) is 6.54. The molecule has 1 saturated heterocycles. The molecule has 0 spiro atoms. The van der Waals surface area contributed by atoms with E-state index in [0.717, 1.165) is 40.9 Å². The fraction of sp³-hybridized carbons (Fsp3) is 0.312. The van der Waals surface area contributed by atoms with Crippen LogP contribution < -0.4 is 0 Å². The number of hydrogen-bond acceptors (Lipinski definition) is 5. The summed E-state index contributed by atoms with van der Waals surface area (Å²) in [7, 11) is 0. The number of pyridine rings is 1. The van der Waals surface area contributed by atoms with Crippen molar-refractivity contribution in [1.29, 1.82) is 0 Å². The Bertz CT molecular complexity index is 1400. The van der Waals surface area contributed by atoms with Gasteiger partial charge in [-0.15, -0.1) is 0 Å². The van der Waals surface area contributed by atoms with Crippen LogP contribution in [0.3, 0.4) is 0 Å². The molecule has 5 rings (SSSR count). The lowest BCUT2D eigenvalue weighted by Crippen LogP contribution is -2.52. The Kier molecular flexibility index (Phi) is 7.87. The quantitative estimate of drug-likeness (QED) is 0.463. The molecule has 0 radical (unpaired) electrons. The van der Waals surface area contributed by atoms with Crippen LogP contribution in [-0.2, 0) is 11.3 Å². The van der Waals surface area contributed by atoms with Gasteiger partial charge in [-0.25, -0.2) is 0 Å². The zero-order valence-electron chi connectivity index (χ0n) is 22.5. The van der Waals surface area contributed by atoms with Crippen LogP contribution in [0.2, 0.25) is 0 Å². The molecule has 2 amide bonds. The number of phenolic OH excluding ortho intramolecular Hbond substituents is 1. The molecule has 0 bridgehead atoms. The van der Waals surface area contributed by atoms with E-state index >= 15 is 0 Å². The van der Waals surface area contributed by atoms with Crippen molar-refractivity contribution in [2.75, 3.05) is 26.2 Å². The Morgan fingerprint density at radius 3 is 2.26 bits per heavy atom. The number of phenols is 1. The Hall–Kier alpha value is -4.26. The molecular weight excluding hydrogens is 488 g/mol. The SMILES string of the molecule is CCC(CC)C(=O)N1CCN(C(=O)c2cc(-c3ccc(O)cc3)nc3c2C(/C=C/c2ccccc2)=NC3)CC1. The molecule has 200 valence electrons. The van der Waals surface area contributed by atoms with Gasteiger partial charge in [0.25, 0.3) is 5.91 Å². The van der Waals surface area contributed by atoms with Crippen LogP contribution in [-0.4, -0.2) is 63.6 Å². The number of fused-ring (bicyclic) bond motifs is 1. The Labute approximate surface area is 229 Å². The number of aromatic hydroxyl groups is 1. The maximum atomic E-state index is 14.0. The molecule has 3 heterocycles. The van der Waals surface area contributed by atoms with Gasteiger partial charge in [0.2, 0.25) is 5.91 Å². The number of aliphatic imine (C=N–C) groups is 1. The first-order valence-corrected chi connectivity index (χ1v) is 13.7. The highest BCUT2D eigenvalue weighted by Gasteiger charge is 2.31. The molecular formula is C32H34N4O3. The summed E-state index contributed by atoms with van der Waals surface area (Å²) in [6.07, 6.45) is 5.61. The number of carbonyl (C=O) groups excluding carboxylic acids is 2. The molecule has 1 aromatic heterocycles. The summed E-state index contributed by atoms with van der Waals surface area (Å²) < 4.78 is 0. The van der Waals surface area contributed by atoms with Crippen LogP contribution in [0.25, 0.3) is 17.3 Å². The molecule has 2 aromatic carbocycles. The maximum absolute atomic E-state index is 14.0. The summed E-state index contributed by atoms with van der Waals surface area (Å²) in [4.78, 5) is 40.2. The lowest BCUT2D eigenvalue weighted by atomic mass is 9.97. The Morgan fingerprint density at radius 2 is 1.59 bits per heavy atom. The van der Waals surface area contributed by atoms with E-state index in [1.165, 1.54) is 0 Å². The average molecular weight is 523 g/mol. The van der Waals surface area contributed by atoms with E-state index in [4.69, 9.17) is 9.98 Å². The third kappa shape index (κ3) is 5.62. The summed E-state index contributed by atoms with van der Waals surface area (Å²) in [6, 6.07) is 18.7. The molecule has 3 aromatic rings. The van der Waals surface area contributed by atoms with Gasteiger partial charge in [-0.2, -0.15) is 0 Å². The maximum Gasteiger partial charge on any atom is 0.254 e. The fourth-order valence-corrected chi connectivity index (χ4v) is 5.26. The molecule has 2 aliphatic heterocycles. The van der Waals surface area contributed by atoms with Gasteiger partial charge in [0.1, 0.15) is 5.75 Å². The van der Waals surface area contributed by atoms with Gasteiger partial charge < -0.3 is 14.9 Å². The third-order valence-electron chi connectivity index (χ3n) is 7.59. The van der Waals surface area contributed by atoms with Gasteiger partial charge in [0, 0.05) is 43.2 Å². The van der Waals surface area contributed by atoms with Crippen LogP contribution in [0.1, 0.15) is 53.9 Å². The molecule has 1 fully saturated rings. The number of rotatable bonds is 7. The first-order chi connectivity index (χ1) is 19.0. The van der Waals surface area contributed by atoms with E-state index in [1.807, 2.05) is 72.2 Å². The second-order valence-corrected chi connectivity index (χ2v) is 10.0. The summed E-state index contributed by atoms with van der Waals surface area (Å²) >= 11 is 0. The van der Waals surface area contributed by atoms with Crippen LogP contribution in [0.4, 0.5) is 0 Å². The largest absolute Gasteiger partial charge is 0.508 e. The molecule has 7 nitrogen and oxygen atoms in total. The van der Waals surface area contributed by atoms with Gasteiger partial charge in [-0.3, -0.25) is 19.6 Å². The van der Waals surface area contributed by atoms with Gasteiger partial charge in [-0.05, 0) is 54.8 Å². The number of carbonyl (C=O) groups is 2. The Morgan fingerprint density at radius 1 is 0.923 bits per heavy atom. The van der Waals surface area contributed by atoms with Crippen LogP contribution in [0.5, 0.6) is 5.75 Å². The van der Waals surface area contributed by atoms with Gasteiger partial charge >= 0.3 is 0 Å². The topological polar surface area (TPSA) is 86.1 Å². The number of benzene rings is 2. The molecule has 1 N–H and O–H groups in total. The highest BCUT2D eigenvalue weighted by atomic mass is 16.3. The fourth-order valence-electron chi connectivity index (χ4n) is 5.26. The highest BCUT2D eigenvalue weighted by molar-refractivity contribution is 6.18. The molecule has 0 atom stereocenters. The van der Waals surface area contributed by atoms with Crippen molar-refractivity contribution in [2.45, 2.75) is 33.2 Å². The predicted molar refractivity (Wildman–Crippen MR) is 154 cm³/mol. The van der Waals surface area contributed by atoms with Gasteiger partial charge in [0.05, 0.1) is 29.2 Å². The van der Waals surface area contributed by atoms with E-state index in [0.29, 0.717) is 44.0 Å².